The van der Waals surface area contributed by atoms with Crippen LogP contribution >= 0.6 is 0 Å². The highest BCUT2D eigenvalue weighted by Gasteiger charge is 2.35. The zero-order chi connectivity index (χ0) is 30.8. The minimum Gasteiger partial charge on any atom is -0.352 e. The molecule has 0 aliphatic carbocycles. The Labute approximate surface area is 255 Å². The summed E-state index contributed by atoms with van der Waals surface area (Å²) >= 11 is 0. The van der Waals surface area contributed by atoms with Gasteiger partial charge in [0.25, 0.3) is 10.0 Å². The number of sulfonamides is 1. The molecule has 0 saturated heterocycles. The van der Waals surface area contributed by atoms with E-state index >= 15 is 0 Å². The molecule has 0 aliphatic rings. The fourth-order valence-electron chi connectivity index (χ4n) is 4.81. The molecule has 4 rings (SSSR count). The van der Waals surface area contributed by atoms with Gasteiger partial charge >= 0.3 is 0 Å². The lowest BCUT2D eigenvalue weighted by atomic mass is 10.0. The van der Waals surface area contributed by atoms with Crippen molar-refractivity contribution in [3.05, 3.63) is 132 Å². The molecule has 0 aromatic heterocycles. The quantitative estimate of drug-likeness (QED) is 0.213. The molecule has 0 bridgehead atoms. The average molecular weight is 598 g/mol. The summed E-state index contributed by atoms with van der Waals surface area (Å²) in [6, 6.07) is 32.9. The summed E-state index contributed by atoms with van der Waals surface area (Å²) in [5.74, 6) is -0.760. The van der Waals surface area contributed by atoms with Crippen molar-refractivity contribution in [2.45, 2.75) is 57.1 Å². The van der Waals surface area contributed by atoms with Crippen LogP contribution in [-0.4, -0.2) is 43.8 Å². The number of anilines is 1. The molecule has 7 nitrogen and oxygen atoms in total. The van der Waals surface area contributed by atoms with E-state index in [1.165, 1.54) is 17.0 Å². The first kappa shape index (κ1) is 31.5. The third kappa shape index (κ3) is 8.11. The highest BCUT2D eigenvalue weighted by molar-refractivity contribution is 7.92. The Bertz CT molecular complexity index is 1600. The number of carbonyl (C=O) groups is 2. The lowest BCUT2D eigenvalue weighted by Gasteiger charge is -2.34. The van der Waals surface area contributed by atoms with Crippen molar-refractivity contribution in [2.24, 2.45) is 0 Å². The fourth-order valence-corrected chi connectivity index (χ4v) is 6.24. The van der Waals surface area contributed by atoms with E-state index in [2.05, 4.69) is 5.32 Å². The number of carbonyl (C=O) groups excluding carboxylic acids is 2. The maximum absolute atomic E-state index is 14.5. The molecule has 0 unspecified atom stereocenters. The molecule has 2 amide bonds. The molecule has 0 fully saturated rings. The van der Waals surface area contributed by atoms with E-state index in [0.717, 1.165) is 27.4 Å². The van der Waals surface area contributed by atoms with Gasteiger partial charge in [-0.05, 0) is 61.2 Å². The number of aryl methyl sites for hydroxylation is 1. The summed E-state index contributed by atoms with van der Waals surface area (Å²) in [5, 5.41) is 3.06. The predicted octanol–water partition coefficient (Wildman–Crippen LogP) is 5.75. The predicted molar refractivity (Wildman–Crippen MR) is 171 cm³/mol. The van der Waals surface area contributed by atoms with Crippen LogP contribution in [0.1, 0.15) is 37.0 Å². The summed E-state index contributed by atoms with van der Waals surface area (Å²) in [7, 11) is -4.11. The Morgan fingerprint density at radius 2 is 1.35 bits per heavy atom. The molecule has 8 heteroatoms. The Morgan fingerprint density at radius 1 is 0.791 bits per heavy atom. The van der Waals surface area contributed by atoms with Crippen LogP contribution in [0.15, 0.2) is 120 Å². The molecule has 4 aromatic rings. The van der Waals surface area contributed by atoms with E-state index in [0.29, 0.717) is 5.69 Å². The maximum Gasteiger partial charge on any atom is 0.264 e. The van der Waals surface area contributed by atoms with E-state index in [-0.39, 0.29) is 29.8 Å². The van der Waals surface area contributed by atoms with Crippen molar-refractivity contribution in [1.29, 1.82) is 0 Å². The van der Waals surface area contributed by atoms with Crippen LogP contribution in [0.2, 0.25) is 0 Å². The third-order valence-corrected chi connectivity index (χ3v) is 9.32. The van der Waals surface area contributed by atoms with E-state index in [1.54, 1.807) is 48.5 Å². The number of rotatable bonds is 13. The molecule has 0 saturated carbocycles. The van der Waals surface area contributed by atoms with E-state index in [1.807, 2.05) is 75.4 Å². The topological polar surface area (TPSA) is 86.8 Å². The monoisotopic (exact) mass is 597 g/mol. The second-order valence-electron chi connectivity index (χ2n) is 10.6. The molecule has 0 radical (unpaired) electrons. The highest BCUT2D eigenvalue weighted by Crippen LogP contribution is 2.25. The molecule has 2 atom stereocenters. The second-order valence-corrected chi connectivity index (χ2v) is 12.5. The number of para-hydroxylation sites is 1. The Morgan fingerprint density at radius 3 is 1.95 bits per heavy atom. The normalized spacial score (nSPS) is 12.6. The zero-order valence-corrected chi connectivity index (χ0v) is 25.7. The number of nitrogens with zero attached hydrogens (tertiary/aromatic N) is 2. The third-order valence-electron chi connectivity index (χ3n) is 7.53. The van der Waals surface area contributed by atoms with Crippen molar-refractivity contribution in [1.82, 2.24) is 10.2 Å². The van der Waals surface area contributed by atoms with Gasteiger partial charge in [0.05, 0.1) is 10.6 Å². The lowest BCUT2D eigenvalue weighted by Crippen LogP contribution is -2.54. The molecule has 43 heavy (non-hydrogen) atoms. The number of hydrogen-bond donors (Lipinski definition) is 1. The van der Waals surface area contributed by atoms with E-state index in [9.17, 15) is 18.0 Å². The van der Waals surface area contributed by atoms with Gasteiger partial charge in [-0.3, -0.25) is 13.9 Å². The van der Waals surface area contributed by atoms with Crippen molar-refractivity contribution in [2.75, 3.05) is 10.8 Å². The average Bonchev–Trinajstić information content (AvgIpc) is 3.03. The minimum absolute atomic E-state index is 0.0763. The maximum atomic E-state index is 14.5. The number of hydrogen-bond acceptors (Lipinski definition) is 4. The van der Waals surface area contributed by atoms with Gasteiger partial charge in [-0.15, -0.1) is 0 Å². The first-order valence-electron chi connectivity index (χ1n) is 14.5. The van der Waals surface area contributed by atoms with E-state index < -0.39 is 28.5 Å². The molecular weight excluding hydrogens is 558 g/mol. The summed E-state index contributed by atoms with van der Waals surface area (Å²) < 4.78 is 29.0. The largest absolute Gasteiger partial charge is 0.352 e. The van der Waals surface area contributed by atoms with Crippen LogP contribution in [0.4, 0.5) is 5.69 Å². The Balaban J connectivity index is 1.79. The standard InChI is InChI=1S/C35H39N3O4S/c1-4-28(3)36-35(40)33(24-29-17-8-5-9-18-29)37(25-30-19-15-14-16-27(30)2)34(39)26-38(31-20-10-6-11-21-31)43(41,42)32-22-12-7-13-23-32/h5-23,28,33H,4,24-26H2,1-3H3,(H,36,40)/t28-,33+/m1/s1. The molecular formula is C35H39N3O4S. The molecule has 224 valence electrons. The van der Waals surface area contributed by atoms with Crippen LogP contribution in [0.25, 0.3) is 0 Å². The number of amides is 2. The number of benzene rings is 4. The highest BCUT2D eigenvalue weighted by atomic mass is 32.2. The molecule has 4 aromatic carbocycles. The summed E-state index contributed by atoms with van der Waals surface area (Å²) in [6.07, 6.45) is 1.00. The first-order chi connectivity index (χ1) is 20.7. The van der Waals surface area contributed by atoms with Crippen molar-refractivity contribution in [3.8, 4) is 0 Å². The van der Waals surface area contributed by atoms with Gasteiger partial charge in [0.2, 0.25) is 11.8 Å². The van der Waals surface area contributed by atoms with Gasteiger partial charge in [0, 0.05) is 19.0 Å². The van der Waals surface area contributed by atoms with E-state index in [4.69, 9.17) is 0 Å². The second kappa shape index (κ2) is 14.6. The van der Waals surface area contributed by atoms with Gasteiger partial charge in [-0.25, -0.2) is 8.42 Å². The molecule has 0 spiro atoms. The van der Waals surface area contributed by atoms with Crippen molar-refractivity contribution < 1.29 is 18.0 Å². The summed E-state index contributed by atoms with van der Waals surface area (Å²) in [5.41, 5.74) is 3.10. The van der Waals surface area contributed by atoms with Crippen molar-refractivity contribution in [3.63, 3.8) is 0 Å². The summed E-state index contributed by atoms with van der Waals surface area (Å²) in [6.45, 7) is 5.54. The number of nitrogens with one attached hydrogen (secondary N) is 1. The van der Waals surface area contributed by atoms with Gasteiger partial charge < -0.3 is 10.2 Å². The Hall–Kier alpha value is -4.43. The summed E-state index contributed by atoms with van der Waals surface area (Å²) in [4.78, 5) is 29.9. The fraction of sp³-hybridized carbons (Fsp3) is 0.257. The van der Waals surface area contributed by atoms with Gasteiger partial charge in [0.15, 0.2) is 0 Å². The van der Waals surface area contributed by atoms with Gasteiger partial charge in [-0.2, -0.15) is 0 Å². The lowest BCUT2D eigenvalue weighted by molar-refractivity contribution is -0.140. The molecule has 0 aliphatic heterocycles. The Kier molecular flexibility index (Phi) is 10.7. The van der Waals surface area contributed by atoms with Crippen LogP contribution < -0.4 is 9.62 Å². The van der Waals surface area contributed by atoms with Crippen LogP contribution in [0, 0.1) is 6.92 Å². The van der Waals surface area contributed by atoms with Crippen molar-refractivity contribution >= 4 is 27.5 Å². The molecule has 1 N–H and O–H groups in total. The SMILES string of the molecule is CC[C@@H](C)NC(=O)[C@H](Cc1ccccc1)N(Cc1ccccc1C)C(=O)CN(c1ccccc1)S(=O)(=O)c1ccccc1. The van der Waals surface area contributed by atoms with Crippen LogP contribution in [0.3, 0.4) is 0 Å². The van der Waals surface area contributed by atoms with Crippen LogP contribution in [-0.2, 0) is 32.6 Å². The van der Waals surface area contributed by atoms with Crippen LogP contribution in [0.5, 0.6) is 0 Å². The minimum atomic E-state index is -4.11. The smallest absolute Gasteiger partial charge is 0.264 e. The van der Waals surface area contributed by atoms with Gasteiger partial charge in [-0.1, -0.05) is 97.9 Å². The molecule has 0 heterocycles. The van der Waals surface area contributed by atoms with Gasteiger partial charge in [0.1, 0.15) is 12.6 Å². The first-order valence-corrected chi connectivity index (χ1v) is 16.0. The zero-order valence-electron chi connectivity index (χ0n) is 24.9.